The molecule has 0 aliphatic carbocycles. The molecule has 148 valence electrons. The van der Waals surface area contributed by atoms with Crippen molar-refractivity contribution in [2.45, 2.75) is 44.9 Å². The third kappa shape index (κ3) is 8.35. The van der Waals surface area contributed by atoms with Crippen molar-refractivity contribution >= 4 is 22.4 Å². The molecule has 0 spiro atoms. The second kappa shape index (κ2) is 10.2. The Labute approximate surface area is 158 Å². The van der Waals surface area contributed by atoms with Crippen molar-refractivity contribution in [2.75, 3.05) is 11.9 Å². The fourth-order valence-electron chi connectivity index (χ4n) is 2.35. The van der Waals surface area contributed by atoms with Crippen LogP contribution in [-0.2, 0) is 17.6 Å². The van der Waals surface area contributed by atoms with Crippen LogP contribution in [0, 0.1) is 0 Å². The zero-order valence-electron chi connectivity index (χ0n) is 14.5. The summed E-state index contributed by atoms with van der Waals surface area (Å²) in [6.07, 6.45) is -0.488. The molecule has 10 heteroatoms. The first kappa shape index (κ1) is 21.1. The van der Waals surface area contributed by atoms with Gasteiger partial charge in [-0.25, -0.2) is 0 Å². The number of carbonyl (C=O) groups excluding carboxylic acids is 1. The van der Waals surface area contributed by atoms with Crippen LogP contribution in [-0.4, -0.2) is 34.2 Å². The van der Waals surface area contributed by atoms with Gasteiger partial charge in [0.1, 0.15) is 10.8 Å². The molecule has 0 radical (unpaired) electrons. The first-order valence-corrected chi connectivity index (χ1v) is 9.25. The smallest absolute Gasteiger partial charge is 0.406 e. The van der Waals surface area contributed by atoms with Crippen molar-refractivity contribution in [1.82, 2.24) is 10.2 Å². The Kier molecular flexibility index (Phi) is 7.99. The summed E-state index contributed by atoms with van der Waals surface area (Å²) in [7, 11) is 0. The van der Waals surface area contributed by atoms with E-state index in [0.29, 0.717) is 10.7 Å². The third-order valence-electron chi connectivity index (χ3n) is 3.51. The molecule has 1 amide bonds. The summed E-state index contributed by atoms with van der Waals surface area (Å²) in [5, 5.41) is 20.4. The standard InChI is InChI=1S/C17H20F3N3O3S/c18-17(19,20)26-13-7-5-6-12(10-13)11-14(25)21-16-23-22-15(27-16)8-3-1-2-4-9-24/h5-7,10,24H,1-4,8-9,11H2,(H,21,23,25). The lowest BCUT2D eigenvalue weighted by Crippen LogP contribution is -2.17. The molecule has 1 heterocycles. The lowest BCUT2D eigenvalue weighted by molar-refractivity contribution is -0.274. The van der Waals surface area contributed by atoms with Gasteiger partial charge in [0, 0.05) is 13.0 Å². The van der Waals surface area contributed by atoms with Gasteiger partial charge < -0.3 is 15.2 Å². The van der Waals surface area contributed by atoms with E-state index in [-0.39, 0.29) is 18.8 Å². The Morgan fingerprint density at radius 1 is 1.19 bits per heavy atom. The van der Waals surface area contributed by atoms with E-state index < -0.39 is 12.3 Å². The second-order valence-electron chi connectivity index (χ2n) is 5.81. The second-order valence-corrected chi connectivity index (χ2v) is 6.87. The lowest BCUT2D eigenvalue weighted by Gasteiger charge is -2.09. The van der Waals surface area contributed by atoms with Gasteiger partial charge >= 0.3 is 6.36 Å². The van der Waals surface area contributed by atoms with Crippen molar-refractivity contribution in [2.24, 2.45) is 0 Å². The quantitative estimate of drug-likeness (QED) is 0.591. The number of nitrogens with zero attached hydrogens (tertiary/aromatic N) is 2. The highest BCUT2D eigenvalue weighted by atomic mass is 32.1. The fraction of sp³-hybridized carbons (Fsp3) is 0.471. The Balaban J connectivity index is 1.81. The number of nitrogens with one attached hydrogen (secondary N) is 1. The molecule has 0 fully saturated rings. The van der Waals surface area contributed by atoms with Crippen molar-refractivity contribution in [1.29, 1.82) is 0 Å². The van der Waals surface area contributed by atoms with Crippen molar-refractivity contribution < 1.29 is 27.8 Å². The summed E-state index contributed by atoms with van der Waals surface area (Å²) in [6, 6.07) is 5.28. The maximum absolute atomic E-state index is 12.2. The zero-order chi connectivity index (χ0) is 19.7. The van der Waals surface area contributed by atoms with Crippen molar-refractivity contribution in [3.63, 3.8) is 0 Å². The molecule has 0 saturated carbocycles. The molecule has 6 nitrogen and oxygen atoms in total. The maximum atomic E-state index is 12.2. The van der Waals surface area contributed by atoms with Crippen LogP contribution in [0.15, 0.2) is 24.3 Å². The van der Waals surface area contributed by atoms with Gasteiger partial charge in [0.2, 0.25) is 11.0 Å². The van der Waals surface area contributed by atoms with Crippen LogP contribution in [0.4, 0.5) is 18.3 Å². The van der Waals surface area contributed by atoms with Crippen LogP contribution in [0.1, 0.15) is 36.3 Å². The number of aliphatic hydroxyl groups is 1. The number of benzene rings is 1. The minimum Gasteiger partial charge on any atom is -0.406 e. The summed E-state index contributed by atoms with van der Waals surface area (Å²) in [5.74, 6) is -0.767. The molecule has 27 heavy (non-hydrogen) atoms. The van der Waals surface area contributed by atoms with Crippen LogP contribution in [0.25, 0.3) is 0 Å². The molecule has 0 bridgehead atoms. The number of anilines is 1. The number of alkyl halides is 3. The van der Waals surface area contributed by atoms with Gasteiger partial charge in [-0.1, -0.05) is 36.3 Å². The number of halogens is 3. The van der Waals surface area contributed by atoms with E-state index in [1.54, 1.807) is 6.07 Å². The number of carbonyl (C=O) groups is 1. The van der Waals surface area contributed by atoms with Crippen LogP contribution >= 0.6 is 11.3 Å². The minimum absolute atomic E-state index is 0.106. The highest BCUT2D eigenvalue weighted by molar-refractivity contribution is 7.15. The number of aliphatic hydroxyl groups excluding tert-OH is 1. The number of hydrogen-bond donors (Lipinski definition) is 2. The summed E-state index contributed by atoms with van der Waals surface area (Å²) >= 11 is 1.27. The van der Waals surface area contributed by atoms with Crippen molar-refractivity contribution in [3.05, 3.63) is 34.8 Å². The van der Waals surface area contributed by atoms with E-state index in [2.05, 4.69) is 20.3 Å². The topological polar surface area (TPSA) is 84.3 Å². The number of amides is 1. The minimum atomic E-state index is -4.78. The number of ether oxygens (including phenoxy) is 1. The number of hydrogen-bond acceptors (Lipinski definition) is 6. The summed E-state index contributed by atoms with van der Waals surface area (Å²) in [5.41, 5.74) is 0.392. The Morgan fingerprint density at radius 3 is 2.70 bits per heavy atom. The van der Waals surface area contributed by atoms with Gasteiger partial charge in [0.05, 0.1) is 6.42 Å². The normalized spacial score (nSPS) is 11.4. The Hall–Kier alpha value is -2.20. The molecule has 2 rings (SSSR count). The third-order valence-corrected chi connectivity index (χ3v) is 4.41. The van der Waals surface area contributed by atoms with Crippen molar-refractivity contribution in [3.8, 4) is 5.75 Å². The van der Waals surface area contributed by atoms with Gasteiger partial charge in [-0.05, 0) is 30.5 Å². The predicted octanol–water partition coefficient (Wildman–Crippen LogP) is 3.71. The van der Waals surface area contributed by atoms with Crippen LogP contribution in [0.3, 0.4) is 0 Å². The first-order chi connectivity index (χ1) is 12.9. The predicted molar refractivity (Wildman–Crippen MR) is 94.6 cm³/mol. The largest absolute Gasteiger partial charge is 0.573 e. The van der Waals surface area contributed by atoms with E-state index in [4.69, 9.17) is 5.11 Å². The SMILES string of the molecule is O=C(Cc1cccc(OC(F)(F)F)c1)Nc1nnc(CCCCCCO)s1. The van der Waals surface area contributed by atoms with Crippen LogP contribution in [0.5, 0.6) is 5.75 Å². The lowest BCUT2D eigenvalue weighted by atomic mass is 10.1. The van der Waals surface area contributed by atoms with Gasteiger partial charge in [-0.2, -0.15) is 0 Å². The average molecular weight is 403 g/mol. The first-order valence-electron chi connectivity index (χ1n) is 8.43. The van der Waals surface area contributed by atoms with Gasteiger partial charge in [0.15, 0.2) is 0 Å². The highest BCUT2D eigenvalue weighted by Gasteiger charge is 2.31. The maximum Gasteiger partial charge on any atom is 0.573 e. The van der Waals surface area contributed by atoms with Gasteiger partial charge in [0.25, 0.3) is 0 Å². The average Bonchev–Trinajstić information content (AvgIpc) is 3.00. The monoisotopic (exact) mass is 403 g/mol. The summed E-state index contributed by atoms with van der Waals surface area (Å²) < 4.78 is 40.6. The van der Waals surface area contributed by atoms with Crippen LogP contribution in [0.2, 0.25) is 0 Å². The molecular weight excluding hydrogens is 383 g/mol. The number of unbranched alkanes of at least 4 members (excludes halogenated alkanes) is 3. The van der Waals surface area contributed by atoms with E-state index in [1.165, 1.54) is 29.5 Å². The molecule has 0 aliphatic rings. The molecule has 2 N–H and O–H groups in total. The molecule has 1 aromatic carbocycles. The zero-order valence-corrected chi connectivity index (χ0v) is 15.3. The molecule has 0 unspecified atom stereocenters. The molecule has 0 atom stereocenters. The molecule has 1 aromatic heterocycles. The van der Waals surface area contributed by atoms with E-state index in [0.717, 1.165) is 37.1 Å². The number of aromatic nitrogens is 2. The summed E-state index contributed by atoms with van der Waals surface area (Å²) in [6.45, 7) is 0.195. The summed E-state index contributed by atoms with van der Waals surface area (Å²) in [4.78, 5) is 12.1. The molecule has 0 saturated heterocycles. The number of aryl methyl sites for hydroxylation is 1. The van der Waals surface area contributed by atoms with E-state index in [1.807, 2.05) is 0 Å². The van der Waals surface area contributed by atoms with Gasteiger partial charge in [-0.15, -0.1) is 23.4 Å². The highest BCUT2D eigenvalue weighted by Crippen LogP contribution is 2.24. The molecule has 0 aliphatic heterocycles. The Morgan fingerprint density at radius 2 is 1.96 bits per heavy atom. The van der Waals surface area contributed by atoms with E-state index >= 15 is 0 Å². The van der Waals surface area contributed by atoms with Gasteiger partial charge in [-0.3, -0.25) is 4.79 Å². The Bertz CT molecular complexity index is 737. The van der Waals surface area contributed by atoms with Crippen LogP contribution < -0.4 is 10.1 Å². The van der Waals surface area contributed by atoms with E-state index in [9.17, 15) is 18.0 Å². The molecule has 2 aromatic rings. The number of rotatable bonds is 10. The molecular formula is C17H20F3N3O3S. The fourth-order valence-corrected chi connectivity index (χ4v) is 3.15.